The highest BCUT2D eigenvalue weighted by Crippen LogP contribution is 2.31. The third kappa shape index (κ3) is 20.6. The predicted molar refractivity (Wildman–Crippen MR) is 215 cm³/mol. The Hall–Kier alpha value is -0.600. The van der Waals surface area contributed by atoms with Gasteiger partial charge in [0.25, 0.3) is 0 Å². The summed E-state index contributed by atoms with van der Waals surface area (Å²) in [6, 6.07) is 0.0251. The summed E-state index contributed by atoms with van der Waals surface area (Å²) >= 11 is 0. The molecule has 7 N–H and O–H groups in total. The van der Waals surface area contributed by atoms with Crippen molar-refractivity contribution in [3.8, 4) is 0 Å². The van der Waals surface area contributed by atoms with Crippen LogP contribution in [0.15, 0.2) is 0 Å². The summed E-state index contributed by atoms with van der Waals surface area (Å²) < 4.78 is 40.7. The van der Waals surface area contributed by atoms with E-state index in [0.29, 0.717) is 25.9 Å². The third-order valence-electron chi connectivity index (χ3n) is 10.7. The van der Waals surface area contributed by atoms with Crippen molar-refractivity contribution in [3.63, 3.8) is 0 Å². The minimum Gasteiger partial charge on any atom is -0.391 e. The van der Waals surface area contributed by atoms with Crippen LogP contribution in [-0.4, -0.2) is 167 Å². The van der Waals surface area contributed by atoms with E-state index in [1.807, 2.05) is 60.5 Å². The van der Waals surface area contributed by atoms with Gasteiger partial charge in [0.2, 0.25) is 0 Å². The van der Waals surface area contributed by atoms with E-state index in [9.17, 15) is 35.7 Å². The second-order valence-corrected chi connectivity index (χ2v) is 16.4. The fraction of sp³-hybridized carbons (Fsp3) is 1.00. The minimum absolute atomic E-state index is 0.0251. The van der Waals surface area contributed by atoms with Crippen LogP contribution in [0.3, 0.4) is 0 Å². The summed E-state index contributed by atoms with van der Waals surface area (Å²) in [5.41, 5.74) is -1.52. The quantitative estimate of drug-likeness (QED) is 0.0367. The van der Waals surface area contributed by atoms with Gasteiger partial charge in [0, 0.05) is 50.4 Å². The molecular weight excluding hydrogens is 730 g/mol. The van der Waals surface area contributed by atoms with Crippen LogP contribution in [0.2, 0.25) is 0 Å². The molecule has 56 heavy (non-hydrogen) atoms. The Morgan fingerprint density at radius 2 is 1.38 bits per heavy atom. The average Bonchev–Trinajstić information content (AvgIpc) is 3.12. The maximum Gasteiger partial charge on any atom is 0.190 e. The maximum atomic E-state index is 11.5. The molecule has 0 aliphatic heterocycles. The molecule has 0 saturated heterocycles. The summed E-state index contributed by atoms with van der Waals surface area (Å²) in [4.78, 5) is 2.02. The number of hydrogen-bond donors (Lipinski definition) is 7. The highest BCUT2D eigenvalue weighted by Gasteiger charge is 2.41. The summed E-state index contributed by atoms with van der Waals surface area (Å²) in [5, 5.41) is 75.0. The molecule has 0 aliphatic rings. The van der Waals surface area contributed by atoms with Gasteiger partial charge in [-0.25, -0.2) is 0 Å². The van der Waals surface area contributed by atoms with E-state index in [-0.39, 0.29) is 56.8 Å². The number of aliphatic hydroxyl groups is 7. The van der Waals surface area contributed by atoms with Crippen LogP contribution >= 0.6 is 0 Å². The van der Waals surface area contributed by atoms with E-state index in [1.54, 1.807) is 13.8 Å². The number of rotatable bonds is 34. The molecule has 0 bridgehead atoms. The molecule has 0 spiro atoms. The average molecular weight is 816 g/mol. The number of nitrogens with zero attached hydrogens (tertiary/aromatic N) is 1. The van der Waals surface area contributed by atoms with Crippen molar-refractivity contribution in [2.24, 2.45) is 17.8 Å². The topological polar surface area (TPSA) is 209 Å². The summed E-state index contributed by atoms with van der Waals surface area (Å²) in [6.07, 6.45) is -4.41. The number of ether oxygens (including phenoxy) is 7. The molecule has 0 radical (unpaired) electrons. The second-order valence-electron chi connectivity index (χ2n) is 16.4. The van der Waals surface area contributed by atoms with E-state index < -0.39 is 72.6 Å². The van der Waals surface area contributed by atoms with Gasteiger partial charge < -0.3 is 73.8 Å². The van der Waals surface area contributed by atoms with E-state index in [0.717, 1.165) is 12.8 Å². The first-order chi connectivity index (χ1) is 26.0. The van der Waals surface area contributed by atoms with Gasteiger partial charge in [-0.2, -0.15) is 0 Å². The Kier molecular flexibility index (Phi) is 27.7. The van der Waals surface area contributed by atoms with E-state index in [1.165, 1.54) is 21.0 Å². The minimum atomic E-state index is -1.65. The molecule has 0 heterocycles. The van der Waals surface area contributed by atoms with Gasteiger partial charge in [0.15, 0.2) is 24.7 Å². The lowest BCUT2D eigenvalue weighted by Gasteiger charge is -2.39. The highest BCUT2D eigenvalue weighted by molar-refractivity contribution is 4.90. The Bertz CT molecular complexity index is 975. The lowest BCUT2D eigenvalue weighted by atomic mass is 9.80. The van der Waals surface area contributed by atoms with Crippen molar-refractivity contribution in [2.75, 3.05) is 47.6 Å². The van der Waals surface area contributed by atoms with Gasteiger partial charge in [0.1, 0.15) is 12.7 Å². The SMILES string of the molecule is CCC[C@@H](CC(O)(COC(C)O)OCCCC(C)(O)C(O)C(C)[C@@H](OCC)[C@@H](C)COC(O)[C@H](C)[C@H](CC)O[C@@H](C)C[C@H](OC)C(OC(C)O)[C@H](C)O)N(C)C. The first kappa shape index (κ1) is 55.4. The summed E-state index contributed by atoms with van der Waals surface area (Å²) in [6.45, 7) is 19.8. The zero-order valence-electron chi connectivity index (χ0n) is 37.3. The first-order valence-corrected chi connectivity index (χ1v) is 20.8. The van der Waals surface area contributed by atoms with Crippen molar-refractivity contribution >= 4 is 0 Å². The summed E-state index contributed by atoms with van der Waals surface area (Å²) in [5.74, 6) is -2.85. The molecule has 0 aromatic rings. The highest BCUT2D eigenvalue weighted by atomic mass is 16.7. The monoisotopic (exact) mass is 816 g/mol. The Balaban J connectivity index is 5.45. The molecule has 0 aliphatic carbocycles. The van der Waals surface area contributed by atoms with Gasteiger partial charge in [-0.1, -0.05) is 41.0 Å². The Morgan fingerprint density at radius 1 is 0.750 bits per heavy atom. The van der Waals surface area contributed by atoms with Crippen LogP contribution in [0.25, 0.3) is 0 Å². The molecule has 0 fully saturated rings. The van der Waals surface area contributed by atoms with Crippen molar-refractivity contribution in [3.05, 3.63) is 0 Å². The number of aliphatic hydroxyl groups excluding tert-OH is 5. The van der Waals surface area contributed by atoms with Crippen LogP contribution in [0.5, 0.6) is 0 Å². The molecule has 8 unspecified atom stereocenters. The lowest BCUT2D eigenvalue weighted by molar-refractivity contribution is -0.263. The molecular formula is C41H85NO14. The fourth-order valence-electron chi connectivity index (χ4n) is 7.32. The number of hydrogen-bond acceptors (Lipinski definition) is 15. The van der Waals surface area contributed by atoms with E-state index in [4.69, 9.17) is 33.2 Å². The predicted octanol–water partition coefficient (Wildman–Crippen LogP) is 3.40. The van der Waals surface area contributed by atoms with Crippen LogP contribution in [0, 0.1) is 17.8 Å². The molecule has 16 atom stereocenters. The smallest absolute Gasteiger partial charge is 0.190 e. The first-order valence-electron chi connectivity index (χ1n) is 20.8. The lowest BCUT2D eigenvalue weighted by Crippen LogP contribution is -2.50. The third-order valence-corrected chi connectivity index (χ3v) is 10.7. The zero-order chi connectivity index (χ0) is 43.4. The van der Waals surface area contributed by atoms with Crippen molar-refractivity contribution in [1.29, 1.82) is 0 Å². The Labute approximate surface area is 338 Å². The van der Waals surface area contributed by atoms with Gasteiger partial charge in [-0.3, -0.25) is 0 Å². The second kappa shape index (κ2) is 28.0. The molecule has 0 saturated carbocycles. The van der Waals surface area contributed by atoms with Crippen molar-refractivity contribution in [2.45, 2.75) is 200 Å². The van der Waals surface area contributed by atoms with Gasteiger partial charge in [-0.15, -0.1) is 0 Å². The molecule has 0 aromatic heterocycles. The van der Waals surface area contributed by atoms with Crippen molar-refractivity contribution < 1.29 is 68.9 Å². The zero-order valence-corrected chi connectivity index (χ0v) is 37.3. The van der Waals surface area contributed by atoms with Gasteiger partial charge in [-0.05, 0) is 81.3 Å². The molecule has 0 aromatic carbocycles. The normalized spacial score (nSPS) is 22.4. The fourth-order valence-corrected chi connectivity index (χ4v) is 7.32. The Morgan fingerprint density at radius 3 is 1.86 bits per heavy atom. The van der Waals surface area contributed by atoms with Crippen molar-refractivity contribution in [1.82, 2.24) is 4.90 Å². The maximum absolute atomic E-state index is 11.5. The van der Waals surface area contributed by atoms with Gasteiger partial charge >= 0.3 is 0 Å². The molecule has 0 rings (SSSR count). The summed E-state index contributed by atoms with van der Waals surface area (Å²) in [7, 11) is 5.39. The number of methoxy groups -OCH3 is 1. The largest absolute Gasteiger partial charge is 0.391 e. The molecule has 15 nitrogen and oxygen atoms in total. The molecule has 0 amide bonds. The standard InChI is InChI=1S/C41H85NO14/c1-15-19-33(42(12)13)23-41(49,25-53-31(9)44)54-21-18-20-40(11,48)38(46)29(7)36(51-17-3)26(4)24-52-39(47)28(6)34(16-2)55-27(5)22-35(50-14)37(30(8)43)56-32(10)45/h26-39,43-49H,15-25H2,1-14H3/t26-,27-,28+,29?,30-,31?,32?,33-,34-,35-,36-,37?,38?,39?,40?,41?/m0/s1. The van der Waals surface area contributed by atoms with Crippen LogP contribution in [-0.2, 0) is 33.2 Å². The van der Waals surface area contributed by atoms with Crippen LogP contribution in [0.1, 0.15) is 121 Å². The van der Waals surface area contributed by atoms with Crippen LogP contribution in [0.4, 0.5) is 0 Å². The van der Waals surface area contributed by atoms with E-state index in [2.05, 4.69) is 6.92 Å². The molecule has 15 heteroatoms. The molecule has 338 valence electrons. The van der Waals surface area contributed by atoms with Gasteiger partial charge in [0.05, 0.1) is 55.4 Å². The van der Waals surface area contributed by atoms with E-state index >= 15 is 0 Å². The van der Waals surface area contributed by atoms with Crippen LogP contribution < -0.4 is 0 Å².